The topological polar surface area (TPSA) is 69.3 Å². The smallest absolute Gasteiger partial charge is 0.272 e. The van der Waals surface area contributed by atoms with E-state index in [0.717, 1.165) is 4.47 Å². The summed E-state index contributed by atoms with van der Waals surface area (Å²) in [6.45, 7) is 4.00. The standard InChI is InChI=1S/C15H18BrN3O2/c1-9(2)19-8-11(17)6-14(19)15(20)18-12-4-10(16)5-13(7-12)21-3/h4-9H,17H2,1-3H3,(H,18,20). The quantitative estimate of drug-likeness (QED) is 0.882. The van der Waals surface area contributed by atoms with Gasteiger partial charge in [-0.2, -0.15) is 0 Å². The predicted octanol–water partition coefficient (Wildman–Crippen LogP) is 3.67. The molecule has 0 bridgehead atoms. The summed E-state index contributed by atoms with van der Waals surface area (Å²) in [5.41, 5.74) is 7.54. The molecule has 112 valence electrons. The van der Waals surface area contributed by atoms with Crippen molar-refractivity contribution in [1.29, 1.82) is 0 Å². The first-order valence-corrected chi connectivity index (χ1v) is 7.33. The van der Waals surface area contributed by atoms with Crippen LogP contribution in [0.25, 0.3) is 0 Å². The van der Waals surface area contributed by atoms with Crippen molar-refractivity contribution in [2.45, 2.75) is 19.9 Å². The Balaban J connectivity index is 2.28. The Labute approximate surface area is 132 Å². The van der Waals surface area contributed by atoms with E-state index in [1.54, 1.807) is 25.4 Å². The largest absolute Gasteiger partial charge is 0.497 e. The molecule has 1 aromatic carbocycles. The fraction of sp³-hybridized carbons (Fsp3) is 0.267. The number of anilines is 2. The first-order valence-electron chi connectivity index (χ1n) is 6.54. The van der Waals surface area contributed by atoms with Gasteiger partial charge in [0, 0.05) is 28.5 Å². The summed E-state index contributed by atoms with van der Waals surface area (Å²) >= 11 is 3.39. The molecule has 5 nitrogen and oxygen atoms in total. The van der Waals surface area contributed by atoms with Gasteiger partial charge in [-0.05, 0) is 32.0 Å². The molecule has 6 heteroatoms. The predicted molar refractivity (Wildman–Crippen MR) is 87.9 cm³/mol. The molecule has 0 aliphatic heterocycles. The van der Waals surface area contributed by atoms with Crippen LogP contribution in [0.3, 0.4) is 0 Å². The number of hydrogen-bond donors (Lipinski definition) is 2. The van der Waals surface area contributed by atoms with Crippen molar-refractivity contribution in [3.05, 3.63) is 40.6 Å². The van der Waals surface area contributed by atoms with Crippen LogP contribution in [0.4, 0.5) is 11.4 Å². The second-order valence-corrected chi connectivity index (χ2v) is 5.91. The molecule has 0 saturated heterocycles. The summed E-state index contributed by atoms with van der Waals surface area (Å²) in [7, 11) is 1.58. The lowest BCUT2D eigenvalue weighted by atomic mass is 10.2. The van der Waals surface area contributed by atoms with E-state index in [1.807, 2.05) is 30.5 Å². The van der Waals surface area contributed by atoms with E-state index in [2.05, 4.69) is 21.2 Å². The number of ether oxygens (including phenoxy) is 1. The second kappa shape index (κ2) is 6.22. The molecule has 0 atom stereocenters. The number of carbonyl (C=O) groups excluding carboxylic acids is 1. The van der Waals surface area contributed by atoms with E-state index in [-0.39, 0.29) is 11.9 Å². The van der Waals surface area contributed by atoms with Crippen LogP contribution >= 0.6 is 15.9 Å². The molecule has 2 aromatic rings. The van der Waals surface area contributed by atoms with E-state index in [9.17, 15) is 4.79 Å². The highest BCUT2D eigenvalue weighted by Gasteiger charge is 2.15. The molecule has 0 aliphatic rings. The monoisotopic (exact) mass is 351 g/mol. The molecule has 0 fully saturated rings. The maximum Gasteiger partial charge on any atom is 0.272 e. The van der Waals surface area contributed by atoms with Crippen molar-refractivity contribution in [2.75, 3.05) is 18.2 Å². The van der Waals surface area contributed by atoms with Gasteiger partial charge in [0.15, 0.2) is 0 Å². The summed E-state index contributed by atoms with van der Waals surface area (Å²) < 4.78 is 7.86. The number of halogens is 1. The van der Waals surface area contributed by atoms with Crippen molar-refractivity contribution >= 4 is 33.2 Å². The van der Waals surface area contributed by atoms with Gasteiger partial charge in [0.05, 0.1) is 12.8 Å². The normalized spacial score (nSPS) is 10.7. The fourth-order valence-corrected chi connectivity index (χ4v) is 2.53. The molecule has 1 heterocycles. The van der Waals surface area contributed by atoms with Crippen LogP contribution in [0.5, 0.6) is 5.75 Å². The first kappa shape index (κ1) is 15.4. The lowest BCUT2D eigenvalue weighted by molar-refractivity contribution is 0.101. The number of methoxy groups -OCH3 is 1. The maximum atomic E-state index is 12.4. The van der Waals surface area contributed by atoms with Gasteiger partial charge in [-0.3, -0.25) is 4.79 Å². The van der Waals surface area contributed by atoms with E-state index < -0.39 is 0 Å². The van der Waals surface area contributed by atoms with E-state index in [1.165, 1.54) is 0 Å². The second-order valence-electron chi connectivity index (χ2n) is 4.99. The van der Waals surface area contributed by atoms with Gasteiger partial charge < -0.3 is 20.4 Å². The minimum atomic E-state index is -0.208. The van der Waals surface area contributed by atoms with E-state index in [0.29, 0.717) is 22.8 Å². The zero-order valence-electron chi connectivity index (χ0n) is 12.2. The van der Waals surface area contributed by atoms with Gasteiger partial charge in [-0.25, -0.2) is 0 Å². The Morgan fingerprint density at radius 2 is 2.05 bits per heavy atom. The number of nitrogens with zero attached hydrogens (tertiary/aromatic N) is 1. The molecule has 0 unspecified atom stereocenters. The number of hydrogen-bond acceptors (Lipinski definition) is 3. The average Bonchev–Trinajstić information content (AvgIpc) is 2.80. The Morgan fingerprint density at radius 1 is 1.33 bits per heavy atom. The van der Waals surface area contributed by atoms with Crippen LogP contribution in [0.2, 0.25) is 0 Å². The molecule has 3 N–H and O–H groups in total. The number of amides is 1. The van der Waals surface area contributed by atoms with Crippen molar-refractivity contribution in [3.63, 3.8) is 0 Å². The third kappa shape index (κ3) is 3.58. The van der Waals surface area contributed by atoms with Crippen LogP contribution in [0.1, 0.15) is 30.4 Å². The molecular weight excluding hydrogens is 334 g/mol. The van der Waals surface area contributed by atoms with Gasteiger partial charge in [-0.15, -0.1) is 0 Å². The summed E-state index contributed by atoms with van der Waals surface area (Å²) in [6.07, 6.45) is 1.76. The van der Waals surface area contributed by atoms with Crippen molar-refractivity contribution in [1.82, 2.24) is 4.57 Å². The van der Waals surface area contributed by atoms with Crippen molar-refractivity contribution in [2.24, 2.45) is 0 Å². The molecule has 0 aliphatic carbocycles. The van der Waals surface area contributed by atoms with Crippen LogP contribution in [-0.2, 0) is 0 Å². The molecule has 0 spiro atoms. The molecule has 1 aromatic heterocycles. The highest BCUT2D eigenvalue weighted by atomic mass is 79.9. The molecule has 2 rings (SSSR count). The van der Waals surface area contributed by atoms with Crippen molar-refractivity contribution in [3.8, 4) is 5.75 Å². The summed E-state index contributed by atoms with van der Waals surface area (Å²) in [4.78, 5) is 12.4. The minimum Gasteiger partial charge on any atom is -0.497 e. The number of rotatable bonds is 4. The lowest BCUT2D eigenvalue weighted by Crippen LogP contribution is -2.17. The Morgan fingerprint density at radius 3 is 2.67 bits per heavy atom. The highest BCUT2D eigenvalue weighted by molar-refractivity contribution is 9.10. The van der Waals surface area contributed by atoms with Gasteiger partial charge in [-0.1, -0.05) is 15.9 Å². The number of nitrogen functional groups attached to an aromatic ring is 1. The van der Waals surface area contributed by atoms with Gasteiger partial charge in [0.2, 0.25) is 0 Å². The Kier molecular flexibility index (Phi) is 4.57. The van der Waals surface area contributed by atoms with Gasteiger partial charge >= 0.3 is 0 Å². The Bertz CT molecular complexity index is 665. The molecular formula is C15H18BrN3O2. The number of carbonyl (C=O) groups is 1. The van der Waals surface area contributed by atoms with Crippen molar-refractivity contribution < 1.29 is 9.53 Å². The molecule has 0 radical (unpaired) electrons. The zero-order chi connectivity index (χ0) is 15.6. The summed E-state index contributed by atoms with van der Waals surface area (Å²) in [5, 5.41) is 2.86. The first-order chi connectivity index (χ1) is 9.90. The average molecular weight is 352 g/mol. The van der Waals surface area contributed by atoms with E-state index >= 15 is 0 Å². The third-order valence-corrected chi connectivity index (χ3v) is 3.48. The number of nitrogens with one attached hydrogen (secondary N) is 1. The van der Waals surface area contributed by atoms with Crippen LogP contribution < -0.4 is 15.8 Å². The van der Waals surface area contributed by atoms with Gasteiger partial charge in [0.25, 0.3) is 5.91 Å². The SMILES string of the molecule is COc1cc(Br)cc(NC(=O)c2cc(N)cn2C(C)C)c1. The maximum absolute atomic E-state index is 12.4. The molecule has 1 amide bonds. The number of aromatic nitrogens is 1. The third-order valence-electron chi connectivity index (χ3n) is 3.02. The van der Waals surface area contributed by atoms with Crippen LogP contribution in [-0.4, -0.2) is 17.6 Å². The zero-order valence-corrected chi connectivity index (χ0v) is 13.8. The minimum absolute atomic E-state index is 0.153. The van der Waals surface area contributed by atoms with E-state index in [4.69, 9.17) is 10.5 Å². The van der Waals surface area contributed by atoms with Gasteiger partial charge in [0.1, 0.15) is 11.4 Å². The fourth-order valence-electron chi connectivity index (χ4n) is 2.06. The number of nitrogens with two attached hydrogens (primary N) is 1. The molecule has 0 saturated carbocycles. The molecule has 21 heavy (non-hydrogen) atoms. The Hall–Kier alpha value is -1.95. The van der Waals surface area contributed by atoms with Crippen LogP contribution in [0, 0.1) is 0 Å². The highest BCUT2D eigenvalue weighted by Crippen LogP contribution is 2.25. The van der Waals surface area contributed by atoms with Crippen LogP contribution in [0.15, 0.2) is 34.9 Å². The lowest BCUT2D eigenvalue weighted by Gasteiger charge is -2.13. The summed E-state index contributed by atoms with van der Waals surface area (Å²) in [5.74, 6) is 0.457. The summed E-state index contributed by atoms with van der Waals surface area (Å²) in [6, 6.07) is 7.22. The number of benzene rings is 1.